The molecule has 0 bridgehead atoms. The molecule has 4 unspecified atom stereocenters. The maximum atomic E-state index is 9.16. The third kappa shape index (κ3) is 1.97. The smallest absolute Gasteiger partial charge is 0.427 e. The molecule has 80 valence electrons. The second-order valence-corrected chi connectivity index (χ2v) is 4.96. The van der Waals surface area contributed by atoms with Gasteiger partial charge in [0.2, 0.25) is 0 Å². The molecule has 0 aromatic heterocycles. The molecule has 0 spiro atoms. The molecule has 2 rings (SSSR count). The van der Waals surface area contributed by atoms with Crippen LogP contribution in [0.25, 0.3) is 0 Å². The Morgan fingerprint density at radius 1 is 1.07 bits per heavy atom. The summed E-state index contributed by atoms with van der Waals surface area (Å²) in [6, 6.07) is 0.666. The van der Waals surface area contributed by atoms with E-state index in [1.165, 1.54) is 19.3 Å². The van der Waals surface area contributed by atoms with Gasteiger partial charge in [0.1, 0.15) is 0 Å². The topological polar surface area (TPSA) is 52.5 Å². The summed E-state index contributed by atoms with van der Waals surface area (Å²) in [6.45, 7) is 0. The van der Waals surface area contributed by atoms with Gasteiger partial charge < -0.3 is 15.4 Å². The molecule has 3 nitrogen and oxygen atoms in total. The van der Waals surface area contributed by atoms with Crippen molar-refractivity contribution < 1.29 is 10.0 Å². The summed E-state index contributed by atoms with van der Waals surface area (Å²) in [5.74, 6) is 1.70. The zero-order chi connectivity index (χ0) is 10.1. The Balaban J connectivity index is 1.91. The lowest BCUT2D eigenvalue weighted by Gasteiger charge is -2.30. The summed E-state index contributed by atoms with van der Waals surface area (Å²) in [6.07, 6.45) is 5.71. The summed E-state index contributed by atoms with van der Waals surface area (Å²) < 4.78 is 0. The van der Waals surface area contributed by atoms with Gasteiger partial charge in [0.05, 0.1) is 0 Å². The quantitative estimate of drug-likeness (QED) is 0.569. The molecule has 0 aromatic rings. The summed E-state index contributed by atoms with van der Waals surface area (Å²) in [4.78, 5) is 0. The summed E-state index contributed by atoms with van der Waals surface area (Å²) in [5, 5.41) is 21.7. The zero-order valence-corrected chi connectivity index (χ0v) is 8.82. The molecule has 0 aromatic carbocycles. The molecule has 2 saturated carbocycles. The maximum Gasteiger partial charge on any atom is 0.454 e. The Kier molecular flexibility index (Phi) is 3.15. The SMILES string of the molecule is CNC1CC2CCC(B(O)O)CC2C1. The first-order valence-electron chi connectivity index (χ1n) is 5.74. The van der Waals surface area contributed by atoms with Gasteiger partial charge in [-0.05, 0) is 44.0 Å². The molecular formula is C10H20BNO2. The first-order valence-corrected chi connectivity index (χ1v) is 5.74. The fourth-order valence-electron chi connectivity index (χ4n) is 3.30. The van der Waals surface area contributed by atoms with Gasteiger partial charge in [0, 0.05) is 6.04 Å². The van der Waals surface area contributed by atoms with E-state index in [0.717, 1.165) is 24.7 Å². The second-order valence-electron chi connectivity index (χ2n) is 4.96. The average molecular weight is 197 g/mol. The maximum absolute atomic E-state index is 9.16. The van der Waals surface area contributed by atoms with Crippen LogP contribution in [0.5, 0.6) is 0 Å². The highest BCUT2D eigenvalue weighted by Gasteiger charge is 2.40. The minimum absolute atomic E-state index is 0.131. The molecule has 14 heavy (non-hydrogen) atoms. The van der Waals surface area contributed by atoms with E-state index in [4.69, 9.17) is 10.0 Å². The molecular weight excluding hydrogens is 177 g/mol. The van der Waals surface area contributed by atoms with Crippen LogP contribution < -0.4 is 5.32 Å². The Morgan fingerprint density at radius 2 is 1.79 bits per heavy atom. The molecule has 0 amide bonds. The second kappa shape index (κ2) is 4.21. The molecule has 4 atom stereocenters. The molecule has 4 heteroatoms. The van der Waals surface area contributed by atoms with Crippen LogP contribution in [0.15, 0.2) is 0 Å². The number of nitrogens with one attached hydrogen (secondary N) is 1. The van der Waals surface area contributed by atoms with Crippen LogP contribution in [-0.2, 0) is 0 Å². The molecule has 3 N–H and O–H groups in total. The van der Waals surface area contributed by atoms with E-state index in [1.807, 2.05) is 7.05 Å². The van der Waals surface area contributed by atoms with Gasteiger partial charge in [-0.3, -0.25) is 0 Å². The van der Waals surface area contributed by atoms with Crippen molar-refractivity contribution in [1.82, 2.24) is 5.32 Å². The van der Waals surface area contributed by atoms with Crippen molar-refractivity contribution in [2.45, 2.75) is 44.0 Å². The van der Waals surface area contributed by atoms with Crippen molar-refractivity contribution in [3.8, 4) is 0 Å². The lowest BCUT2D eigenvalue weighted by Crippen LogP contribution is -2.28. The fraction of sp³-hybridized carbons (Fsp3) is 1.00. The van der Waals surface area contributed by atoms with Crippen LogP contribution in [0.1, 0.15) is 32.1 Å². The minimum Gasteiger partial charge on any atom is -0.427 e. The molecule has 2 fully saturated rings. The van der Waals surface area contributed by atoms with Crippen molar-refractivity contribution in [2.75, 3.05) is 7.05 Å². The highest BCUT2D eigenvalue weighted by Crippen LogP contribution is 2.46. The molecule has 2 aliphatic rings. The van der Waals surface area contributed by atoms with Crippen LogP contribution in [0.4, 0.5) is 0 Å². The number of rotatable bonds is 2. The summed E-state index contributed by atoms with van der Waals surface area (Å²) >= 11 is 0. The van der Waals surface area contributed by atoms with Gasteiger partial charge in [-0.1, -0.05) is 12.8 Å². The van der Waals surface area contributed by atoms with Gasteiger partial charge in [0.25, 0.3) is 0 Å². The van der Waals surface area contributed by atoms with Crippen molar-refractivity contribution >= 4 is 7.12 Å². The molecule has 0 aliphatic heterocycles. The lowest BCUT2D eigenvalue weighted by molar-refractivity contribution is 0.248. The number of fused-ring (bicyclic) bond motifs is 1. The van der Waals surface area contributed by atoms with Crippen LogP contribution >= 0.6 is 0 Å². The predicted octanol–water partition coefficient (Wildman–Crippen LogP) is 0.627. The van der Waals surface area contributed by atoms with Crippen molar-refractivity contribution in [3.05, 3.63) is 0 Å². The number of hydrogen-bond acceptors (Lipinski definition) is 3. The molecule has 0 radical (unpaired) electrons. The normalized spacial score (nSPS) is 42.2. The lowest BCUT2D eigenvalue weighted by atomic mass is 9.61. The molecule has 0 heterocycles. The van der Waals surface area contributed by atoms with Crippen molar-refractivity contribution in [1.29, 1.82) is 0 Å². The van der Waals surface area contributed by atoms with Gasteiger partial charge in [-0.2, -0.15) is 0 Å². The summed E-state index contributed by atoms with van der Waals surface area (Å²) in [7, 11) is 0.935. The van der Waals surface area contributed by atoms with Crippen LogP contribution in [-0.4, -0.2) is 30.3 Å². The Hall–Kier alpha value is -0.0551. The van der Waals surface area contributed by atoms with Crippen molar-refractivity contribution in [2.24, 2.45) is 11.8 Å². The van der Waals surface area contributed by atoms with Crippen molar-refractivity contribution in [3.63, 3.8) is 0 Å². The van der Waals surface area contributed by atoms with E-state index < -0.39 is 7.12 Å². The van der Waals surface area contributed by atoms with E-state index in [2.05, 4.69) is 5.32 Å². The highest BCUT2D eigenvalue weighted by molar-refractivity contribution is 6.43. The van der Waals surface area contributed by atoms with Gasteiger partial charge in [0.15, 0.2) is 0 Å². The average Bonchev–Trinajstić information content (AvgIpc) is 2.58. The van der Waals surface area contributed by atoms with Crippen LogP contribution in [0.3, 0.4) is 0 Å². The largest absolute Gasteiger partial charge is 0.454 e. The predicted molar refractivity (Wildman–Crippen MR) is 56.9 cm³/mol. The van der Waals surface area contributed by atoms with Crippen LogP contribution in [0, 0.1) is 11.8 Å². The van der Waals surface area contributed by atoms with Gasteiger partial charge in [-0.25, -0.2) is 0 Å². The highest BCUT2D eigenvalue weighted by atomic mass is 16.4. The first-order chi connectivity index (χ1) is 6.70. The van der Waals surface area contributed by atoms with E-state index in [1.54, 1.807) is 0 Å². The van der Waals surface area contributed by atoms with Gasteiger partial charge in [-0.15, -0.1) is 0 Å². The standard InChI is InChI=1S/C10H20BNO2/c1-12-10-5-7-2-3-9(11(13)14)4-8(7)6-10/h7-10,12-14H,2-6H2,1H3. The minimum atomic E-state index is -1.09. The third-order valence-electron chi connectivity index (χ3n) is 4.18. The van der Waals surface area contributed by atoms with E-state index in [-0.39, 0.29) is 5.82 Å². The number of hydrogen-bond donors (Lipinski definition) is 3. The van der Waals surface area contributed by atoms with E-state index in [9.17, 15) is 0 Å². The molecule has 0 saturated heterocycles. The summed E-state index contributed by atoms with van der Waals surface area (Å²) in [5.41, 5.74) is 0. The Morgan fingerprint density at radius 3 is 2.43 bits per heavy atom. The fourth-order valence-corrected chi connectivity index (χ4v) is 3.30. The Bertz CT molecular complexity index is 201. The third-order valence-corrected chi connectivity index (χ3v) is 4.18. The monoisotopic (exact) mass is 197 g/mol. The first kappa shape index (κ1) is 10.5. The zero-order valence-electron chi connectivity index (χ0n) is 8.82. The van der Waals surface area contributed by atoms with Gasteiger partial charge >= 0.3 is 7.12 Å². The van der Waals surface area contributed by atoms with E-state index >= 15 is 0 Å². The molecule has 2 aliphatic carbocycles. The van der Waals surface area contributed by atoms with E-state index in [0.29, 0.717) is 6.04 Å². The Labute approximate surface area is 86.0 Å². The van der Waals surface area contributed by atoms with Crippen LogP contribution in [0.2, 0.25) is 5.82 Å².